The Hall–Kier alpha value is -3.73. The van der Waals surface area contributed by atoms with Gasteiger partial charge in [0.25, 0.3) is 11.6 Å². The lowest BCUT2D eigenvalue weighted by atomic mass is 9.99. The second-order valence-electron chi connectivity index (χ2n) is 8.07. The molecule has 1 fully saturated rings. The van der Waals surface area contributed by atoms with Crippen molar-refractivity contribution in [3.05, 3.63) is 69.8 Å². The fourth-order valence-electron chi connectivity index (χ4n) is 4.12. The normalized spacial score (nSPS) is 13.7. The van der Waals surface area contributed by atoms with Gasteiger partial charge in [0.15, 0.2) is 11.6 Å². The van der Waals surface area contributed by atoms with E-state index in [1.54, 1.807) is 6.07 Å². The van der Waals surface area contributed by atoms with Gasteiger partial charge in [-0.2, -0.15) is 4.98 Å². The van der Waals surface area contributed by atoms with Crippen molar-refractivity contribution < 1.29 is 18.3 Å². The highest BCUT2D eigenvalue weighted by molar-refractivity contribution is 5.81. The lowest BCUT2D eigenvalue weighted by molar-refractivity contribution is 0.224. The molecular formula is C25H23F2N3O3. The van der Waals surface area contributed by atoms with Crippen LogP contribution in [-0.2, 0) is 7.05 Å². The maximum absolute atomic E-state index is 14.5. The van der Waals surface area contributed by atoms with E-state index in [4.69, 9.17) is 16.0 Å². The molecule has 0 aliphatic heterocycles. The third-order valence-corrected chi connectivity index (χ3v) is 5.95. The molecular weight excluding hydrogens is 428 g/mol. The zero-order valence-electron chi connectivity index (χ0n) is 18.4. The standard InChI is InChI=1S/C25H23F2N3O3/c1-28-20-10-8-17(13-18(20)26)23-22(16-9-11-21(32-3)19(27)12-16)24(31)30(2)25(29-23)33-14-15-6-4-5-7-15/h8-13,15H,4-7,14H2,2-3H3. The molecule has 0 radical (unpaired) electrons. The first kappa shape index (κ1) is 22.5. The van der Waals surface area contributed by atoms with Crippen LogP contribution in [0.5, 0.6) is 11.8 Å². The van der Waals surface area contributed by atoms with Gasteiger partial charge in [0.1, 0.15) is 5.82 Å². The van der Waals surface area contributed by atoms with Crippen LogP contribution in [0.2, 0.25) is 0 Å². The summed E-state index contributed by atoms with van der Waals surface area (Å²) in [5, 5.41) is 0. The van der Waals surface area contributed by atoms with Gasteiger partial charge in [-0.25, -0.2) is 13.6 Å². The Labute approximate surface area is 190 Å². The minimum absolute atomic E-state index is 0.0362. The van der Waals surface area contributed by atoms with Gasteiger partial charge >= 0.3 is 0 Å². The van der Waals surface area contributed by atoms with Gasteiger partial charge in [0.05, 0.1) is 31.5 Å². The predicted molar refractivity (Wildman–Crippen MR) is 121 cm³/mol. The minimum Gasteiger partial charge on any atom is -0.494 e. The first-order valence-electron chi connectivity index (χ1n) is 10.7. The molecule has 8 heteroatoms. The fraction of sp³-hybridized carbons (Fsp3) is 0.320. The molecule has 2 aromatic carbocycles. The molecule has 170 valence electrons. The number of hydrogen-bond donors (Lipinski definition) is 0. The molecule has 1 heterocycles. The Morgan fingerprint density at radius 3 is 2.45 bits per heavy atom. The third kappa shape index (κ3) is 4.44. The molecule has 0 atom stereocenters. The van der Waals surface area contributed by atoms with E-state index in [0.29, 0.717) is 12.5 Å². The van der Waals surface area contributed by atoms with Crippen LogP contribution in [0.3, 0.4) is 0 Å². The van der Waals surface area contributed by atoms with E-state index in [0.717, 1.165) is 31.7 Å². The van der Waals surface area contributed by atoms with Crippen molar-refractivity contribution in [2.45, 2.75) is 25.7 Å². The molecule has 1 aliphatic rings. The highest BCUT2D eigenvalue weighted by atomic mass is 19.1. The van der Waals surface area contributed by atoms with Crippen molar-refractivity contribution >= 4 is 5.69 Å². The Morgan fingerprint density at radius 2 is 1.82 bits per heavy atom. The molecule has 4 rings (SSSR count). The number of ether oxygens (including phenoxy) is 2. The number of halogens is 2. The van der Waals surface area contributed by atoms with Gasteiger partial charge in [0.2, 0.25) is 5.69 Å². The molecule has 1 aliphatic carbocycles. The maximum atomic E-state index is 14.5. The molecule has 1 aromatic heterocycles. The summed E-state index contributed by atoms with van der Waals surface area (Å²) in [7, 11) is 2.89. The van der Waals surface area contributed by atoms with Crippen LogP contribution in [-0.4, -0.2) is 23.3 Å². The second-order valence-corrected chi connectivity index (χ2v) is 8.07. The summed E-state index contributed by atoms with van der Waals surface area (Å²) in [4.78, 5) is 21.1. The van der Waals surface area contributed by atoms with E-state index < -0.39 is 17.2 Å². The zero-order chi connectivity index (χ0) is 23.5. The maximum Gasteiger partial charge on any atom is 0.299 e. The largest absolute Gasteiger partial charge is 0.494 e. The van der Waals surface area contributed by atoms with Crippen molar-refractivity contribution in [1.82, 2.24) is 9.55 Å². The molecule has 33 heavy (non-hydrogen) atoms. The third-order valence-electron chi connectivity index (χ3n) is 5.95. The van der Waals surface area contributed by atoms with Crippen LogP contribution in [0.25, 0.3) is 27.2 Å². The van der Waals surface area contributed by atoms with Crippen molar-refractivity contribution in [1.29, 1.82) is 0 Å². The van der Waals surface area contributed by atoms with Gasteiger partial charge in [-0.05, 0) is 42.5 Å². The number of rotatable bonds is 6. The van der Waals surface area contributed by atoms with E-state index in [-0.39, 0.29) is 39.8 Å². The fourth-order valence-corrected chi connectivity index (χ4v) is 4.12. The molecule has 0 unspecified atom stereocenters. The van der Waals surface area contributed by atoms with Crippen LogP contribution in [0.4, 0.5) is 14.5 Å². The lowest BCUT2D eigenvalue weighted by Gasteiger charge is -2.17. The predicted octanol–water partition coefficient (Wildman–Crippen LogP) is 5.52. The molecule has 0 saturated heterocycles. The molecule has 0 bridgehead atoms. The van der Waals surface area contributed by atoms with E-state index in [2.05, 4.69) is 9.83 Å². The van der Waals surface area contributed by atoms with Crippen molar-refractivity contribution in [3.8, 4) is 34.1 Å². The minimum atomic E-state index is -0.731. The quantitative estimate of drug-likeness (QED) is 0.463. The zero-order valence-corrected chi connectivity index (χ0v) is 18.4. The van der Waals surface area contributed by atoms with Gasteiger partial charge in [-0.1, -0.05) is 31.0 Å². The summed E-state index contributed by atoms with van der Waals surface area (Å²) in [5.41, 5.74) is 0.211. The van der Waals surface area contributed by atoms with Crippen LogP contribution < -0.4 is 15.0 Å². The summed E-state index contributed by atoms with van der Waals surface area (Å²) < 4.78 is 41.1. The Balaban J connectivity index is 1.88. The van der Waals surface area contributed by atoms with Crippen molar-refractivity contribution in [2.75, 3.05) is 13.7 Å². The highest BCUT2D eigenvalue weighted by Gasteiger charge is 2.22. The first-order chi connectivity index (χ1) is 15.9. The monoisotopic (exact) mass is 451 g/mol. The Bertz CT molecular complexity index is 1290. The van der Waals surface area contributed by atoms with E-state index in [1.807, 2.05) is 0 Å². The van der Waals surface area contributed by atoms with Crippen LogP contribution >= 0.6 is 0 Å². The molecule has 0 spiro atoms. The van der Waals surface area contributed by atoms with Crippen LogP contribution in [0.1, 0.15) is 25.7 Å². The lowest BCUT2D eigenvalue weighted by Crippen LogP contribution is -2.24. The molecule has 6 nitrogen and oxygen atoms in total. The number of methoxy groups -OCH3 is 1. The summed E-state index contributed by atoms with van der Waals surface area (Å²) in [6, 6.07) is 8.25. The van der Waals surface area contributed by atoms with Crippen LogP contribution in [0.15, 0.2) is 41.2 Å². The SMILES string of the molecule is [C-]#[N+]c1ccc(-c2nc(OCC3CCCC3)n(C)c(=O)c2-c2ccc(OC)c(F)c2)cc1F. The topological polar surface area (TPSA) is 57.7 Å². The summed E-state index contributed by atoms with van der Waals surface area (Å²) in [6.45, 7) is 7.51. The average Bonchev–Trinajstić information content (AvgIpc) is 3.33. The number of aromatic nitrogens is 2. The van der Waals surface area contributed by atoms with Gasteiger partial charge in [-0.3, -0.25) is 9.36 Å². The Kier molecular flexibility index (Phi) is 6.40. The Morgan fingerprint density at radius 1 is 1.12 bits per heavy atom. The van der Waals surface area contributed by atoms with E-state index in [1.165, 1.54) is 43.0 Å². The van der Waals surface area contributed by atoms with Crippen LogP contribution in [0, 0.1) is 24.1 Å². The molecule has 1 saturated carbocycles. The summed E-state index contributed by atoms with van der Waals surface area (Å²) in [6.07, 6.45) is 4.43. The highest BCUT2D eigenvalue weighted by Crippen LogP contribution is 2.34. The smallest absolute Gasteiger partial charge is 0.299 e. The molecule has 3 aromatic rings. The van der Waals surface area contributed by atoms with Crippen molar-refractivity contribution in [2.24, 2.45) is 13.0 Å². The van der Waals surface area contributed by atoms with Gasteiger partial charge in [0, 0.05) is 12.6 Å². The summed E-state index contributed by atoms with van der Waals surface area (Å²) >= 11 is 0. The van der Waals surface area contributed by atoms with Gasteiger partial charge in [-0.15, -0.1) is 0 Å². The van der Waals surface area contributed by atoms with Gasteiger partial charge < -0.3 is 9.47 Å². The average molecular weight is 451 g/mol. The first-order valence-corrected chi connectivity index (χ1v) is 10.7. The molecule has 0 N–H and O–H groups in total. The number of nitrogens with zero attached hydrogens (tertiary/aromatic N) is 3. The van der Waals surface area contributed by atoms with E-state index >= 15 is 0 Å². The number of benzene rings is 2. The number of hydrogen-bond acceptors (Lipinski definition) is 4. The van der Waals surface area contributed by atoms with E-state index in [9.17, 15) is 13.6 Å². The molecule has 0 amide bonds. The summed E-state index contributed by atoms with van der Waals surface area (Å²) in [5.74, 6) is -0.936. The second kappa shape index (κ2) is 9.41. The van der Waals surface area contributed by atoms with Crippen molar-refractivity contribution in [3.63, 3.8) is 0 Å².